The van der Waals surface area contributed by atoms with Crippen LogP contribution in [-0.2, 0) is 6.42 Å². The summed E-state index contributed by atoms with van der Waals surface area (Å²) in [5.74, 6) is 0.843. The number of nitrogens with zero attached hydrogens (tertiary/aromatic N) is 2. The van der Waals surface area contributed by atoms with E-state index >= 15 is 0 Å². The van der Waals surface area contributed by atoms with Crippen LogP contribution in [0.25, 0.3) is 11.0 Å². The van der Waals surface area contributed by atoms with Crippen LogP contribution in [0.4, 0.5) is 0 Å². The second-order valence-corrected chi connectivity index (χ2v) is 7.11. The first-order chi connectivity index (χ1) is 12.6. The Balaban J connectivity index is 1.46. The van der Waals surface area contributed by atoms with Gasteiger partial charge in [-0.25, -0.2) is 4.98 Å². The Morgan fingerprint density at radius 1 is 1.08 bits per heavy atom. The van der Waals surface area contributed by atoms with Crippen LogP contribution in [0.2, 0.25) is 0 Å². The lowest BCUT2D eigenvalue weighted by Gasteiger charge is -2.26. The Kier molecular flexibility index (Phi) is 4.47. The summed E-state index contributed by atoms with van der Waals surface area (Å²) in [6.07, 6.45) is 2.50. The monoisotopic (exact) mass is 349 g/mol. The minimum absolute atomic E-state index is 0.0404. The predicted molar refractivity (Wildman–Crippen MR) is 101 cm³/mol. The maximum absolute atomic E-state index is 12.7. The van der Waals surface area contributed by atoms with Crippen LogP contribution in [-0.4, -0.2) is 44.6 Å². The summed E-state index contributed by atoms with van der Waals surface area (Å²) in [5.41, 5.74) is 1.77. The van der Waals surface area contributed by atoms with Crippen molar-refractivity contribution >= 4 is 16.9 Å². The van der Waals surface area contributed by atoms with Gasteiger partial charge in [0.1, 0.15) is 5.82 Å². The third kappa shape index (κ3) is 3.48. The third-order valence-corrected chi connectivity index (χ3v) is 5.16. The van der Waals surface area contributed by atoms with E-state index in [9.17, 15) is 9.90 Å². The molecule has 4 rings (SSSR count). The molecule has 0 bridgehead atoms. The van der Waals surface area contributed by atoms with Crippen molar-refractivity contribution in [2.45, 2.75) is 31.3 Å². The number of nitrogens with one attached hydrogen (secondary N) is 1. The maximum Gasteiger partial charge on any atom is 0.253 e. The smallest absolute Gasteiger partial charge is 0.253 e. The molecule has 0 saturated carbocycles. The molecule has 5 nitrogen and oxygen atoms in total. The highest BCUT2D eigenvalue weighted by Gasteiger charge is 2.32. The fourth-order valence-electron chi connectivity index (χ4n) is 3.72. The number of benzene rings is 2. The fraction of sp³-hybridized carbons (Fsp3) is 0.333. The highest BCUT2D eigenvalue weighted by Crippen LogP contribution is 2.27. The number of likely N-dealkylation sites (tertiary alicyclic amines) is 1. The summed E-state index contributed by atoms with van der Waals surface area (Å²) < 4.78 is 0. The van der Waals surface area contributed by atoms with Crippen LogP contribution in [0, 0.1) is 0 Å². The highest BCUT2D eigenvalue weighted by molar-refractivity contribution is 5.94. The van der Waals surface area contributed by atoms with Gasteiger partial charge < -0.3 is 15.0 Å². The van der Waals surface area contributed by atoms with Crippen molar-refractivity contribution in [3.63, 3.8) is 0 Å². The lowest BCUT2D eigenvalue weighted by atomic mass is 9.91. The summed E-state index contributed by atoms with van der Waals surface area (Å²) in [6, 6.07) is 17.2. The molecule has 2 N–H and O–H groups in total. The molecule has 5 heteroatoms. The van der Waals surface area contributed by atoms with Crippen LogP contribution in [0.15, 0.2) is 54.6 Å². The molecule has 1 aliphatic heterocycles. The molecule has 1 aliphatic rings. The van der Waals surface area contributed by atoms with Crippen molar-refractivity contribution in [3.05, 3.63) is 66.0 Å². The zero-order valence-corrected chi connectivity index (χ0v) is 14.7. The standard InChI is InChI=1S/C21H23N3O2/c25-20(16-7-2-1-3-8-16)24-13-6-11-21(26,12-14-24)15-19-22-17-9-4-5-10-18(17)23-19/h1-5,7-10,26H,6,11-15H2,(H,22,23). The number of aromatic nitrogens is 2. The normalized spacial score (nSPS) is 20.9. The molecule has 2 aromatic carbocycles. The Morgan fingerprint density at radius 2 is 1.85 bits per heavy atom. The van der Waals surface area contributed by atoms with Gasteiger partial charge >= 0.3 is 0 Å². The molecule has 2 heterocycles. The lowest BCUT2D eigenvalue weighted by molar-refractivity contribution is 0.0241. The van der Waals surface area contributed by atoms with E-state index in [-0.39, 0.29) is 5.91 Å². The Bertz CT molecular complexity index is 873. The van der Waals surface area contributed by atoms with Gasteiger partial charge in [-0.1, -0.05) is 30.3 Å². The van der Waals surface area contributed by atoms with E-state index in [2.05, 4.69) is 9.97 Å². The number of H-pyrrole nitrogens is 1. The second kappa shape index (κ2) is 6.92. The number of imidazole rings is 1. The van der Waals surface area contributed by atoms with Gasteiger partial charge in [-0.2, -0.15) is 0 Å². The average Bonchev–Trinajstić information content (AvgIpc) is 2.96. The van der Waals surface area contributed by atoms with Gasteiger partial charge in [0.25, 0.3) is 5.91 Å². The number of rotatable bonds is 3. The Labute approximate surface area is 152 Å². The number of para-hydroxylation sites is 2. The number of carbonyl (C=O) groups is 1. The molecule has 1 saturated heterocycles. The maximum atomic E-state index is 12.7. The number of carbonyl (C=O) groups excluding carboxylic acids is 1. The van der Waals surface area contributed by atoms with Crippen LogP contribution >= 0.6 is 0 Å². The number of aliphatic hydroxyl groups is 1. The van der Waals surface area contributed by atoms with Crippen molar-refractivity contribution in [1.29, 1.82) is 0 Å². The van der Waals surface area contributed by atoms with Crippen LogP contribution < -0.4 is 0 Å². The minimum Gasteiger partial charge on any atom is -0.389 e. The van der Waals surface area contributed by atoms with E-state index in [1.54, 1.807) is 0 Å². The van der Waals surface area contributed by atoms with E-state index < -0.39 is 5.60 Å². The molecule has 1 atom stereocenters. The summed E-state index contributed by atoms with van der Waals surface area (Å²) >= 11 is 0. The molecule has 26 heavy (non-hydrogen) atoms. The van der Waals surface area contributed by atoms with Gasteiger partial charge in [-0.15, -0.1) is 0 Å². The number of fused-ring (bicyclic) bond motifs is 1. The van der Waals surface area contributed by atoms with Crippen molar-refractivity contribution in [2.75, 3.05) is 13.1 Å². The molecular weight excluding hydrogens is 326 g/mol. The Morgan fingerprint density at radius 3 is 2.65 bits per heavy atom. The molecular formula is C21H23N3O2. The first-order valence-electron chi connectivity index (χ1n) is 9.13. The lowest BCUT2D eigenvalue weighted by Crippen LogP contribution is -2.36. The number of hydrogen-bond donors (Lipinski definition) is 2. The van der Waals surface area contributed by atoms with Crippen LogP contribution in [0.3, 0.4) is 0 Å². The van der Waals surface area contributed by atoms with Crippen LogP contribution in [0.5, 0.6) is 0 Å². The highest BCUT2D eigenvalue weighted by atomic mass is 16.3. The van der Waals surface area contributed by atoms with Gasteiger partial charge in [0, 0.05) is 25.1 Å². The zero-order chi connectivity index (χ0) is 18.0. The number of aromatic amines is 1. The first kappa shape index (κ1) is 16.8. The van der Waals surface area contributed by atoms with E-state index in [1.807, 2.05) is 59.5 Å². The van der Waals surface area contributed by atoms with E-state index in [0.717, 1.165) is 23.3 Å². The molecule has 1 aromatic heterocycles. The molecule has 0 spiro atoms. The van der Waals surface area contributed by atoms with Gasteiger partial charge in [-0.05, 0) is 43.5 Å². The van der Waals surface area contributed by atoms with Gasteiger partial charge in [0.2, 0.25) is 0 Å². The second-order valence-electron chi connectivity index (χ2n) is 7.11. The summed E-state index contributed by atoms with van der Waals surface area (Å²) in [6.45, 7) is 1.24. The molecule has 1 fully saturated rings. The summed E-state index contributed by atoms with van der Waals surface area (Å²) in [7, 11) is 0. The molecule has 0 radical (unpaired) electrons. The molecule has 1 amide bonds. The zero-order valence-electron chi connectivity index (χ0n) is 14.7. The molecule has 0 aliphatic carbocycles. The molecule has 134 valence electrons. The molecule has 3 aromatic rings. The summed E-state index contributed by atoms with van der Waals surface area (Å²) in [5, 5.41) is 11.1. The van der Waals surface area contributed by atoms with E-state index in [0.29, 0.717) is 37.9 Å². The van der Waals surface area contributed by atoms with Gasteiger partial charge in [-0.3, -0.25) is 4.79 Å². The molecule has 1 unspecified atom stereocenters. The van der Waals surface area contributed by atoms with Crippen LogP contribution in [0.1, 0.15) is 35.4 Å². The average molecular weight is 349 g/mol. The Hall–Kier alpha value is -2.66. The predicted octanol–water partition coefficient (Wildman–Crippen LogP) is 3.16. The third-order valence-electron chi connectivity index (χ3n) is 5.16. The van der Waals surface area contributed by atoms with Gasteiger partial charge in [0.15, 0.2) is 0 Å². The SMILES string of the molecule is O=C(c1ccccc1)N1CCCC(O)(Cc2nc3ccccc3[nH]2)CC1. The van der Waals surface area contributed by atoms with E-state index in [4.69, 9.17) is 0 Å². The number of amides is 1. The fourth-order valence-corrected chi connectivity index (χ4v) is 3.72. The van der Waals surface area contributed by atoms with Crippen molar-refractivity contribution in [3.8, 4) is 0 Å². The summed E-state index contributed by atoms with van der Waals surface area (Å²) in [4.78, 5) is 22.4. The van der Waals surface area contributed by atoms with E-state index in [1.165, 1.54) is 0 Å². The quantitative estimate of drug-likeness (QED) is 0.763. The number of hydrogen-bond acceptors (Lipinski definition) is 3. The van der Waals surface area contributed by atoms with Crippen molar-refractivity contribution in [1.82, 2.24) is 14.9 Å². The van der Waals surface area contributed by atoms with Crippen molar-refractivity contribution < 1.29 is 9.90 Å². The first-order valence-corrected chi connectivity index (χ1v) is 9.13. The minimum atomic E-state index is -0.834. The largest absolute Gasteiger partial charge is 0.389 e. The van der Waals surface area contributed by atoms with Crippen molar-refractivity contribution in [2.24, 2.45) is 0 Å². The van der Waals surface area contributed by atoms with Gasteiger partial charge in [0.05, 0.1) is 16.6 Å². The topological polar surface area (TPSA) is 69.2 Å².